The maximum absolute atomic E-state index is 11.6. The van der Waals surface area contributed by atoms with Crippen molar-refractivity contribution in [2.24, 2.45) is 0 Å². The Hall–Kier alpha value is -1.09. The monoisotopic (exact) mass is 251 g/mol. The zero-order valence-electron chi connectivity index (χ0n) is 7.80. The first-order valence-electron chi connectivity index (χ1n) is 4.53. The minimum atomic E-state index is 0.177. The van der Waals surface area contributed by atoms with Crippen LogP contribution in [0.2, 0.25) is 0 Å². The molecule has 0 unspecified atom stereocenters. The fourth-order valence-corrected chi connectivity index (χ4v) is 2.11. The molecule has 2 aromatic rings. The Labute approximate surface area is 90.4 Å². The number of carbonyl (C=O) groups is 1. The lowest BCUT2D eigenvalue weighted by Crippen LogP contribution is -1.96. The maximum Gasteiger partial charge on any atom is 0.163 e. The van der Waals surface area contributed by atoms with Crippen molar-refractivity contribution in [2.75, 3.05) is 0 Å². The molecule has 1 N–H and O–H groups in total. The fourth-order valence-electron chi connectivity index (χ4n) is 1.57. The first-order chi connectivity index (χ1) is 6.74. The number of aromatic nitrogens is 1. The highest BCUT2D eigenvalue weighted by atomic mass is 79.9. The van der Waals surface area contributed by atoms with Gasteiger partial charge in [0.05, 0.1) is 0 Å². The van der Waals surface area contributed by atoms with Crippen molar-refractivity contribution in [1.29, 1.82) is 0 Å². The normalized spacial score (nSPS) is 10.7. The summed E-state index contributed by atoms with van der Waals surface area (Å²) in [6.07, 6.45) is 2.40. The van der Waals surface area contributed by atoms with E-state index < -0.39 is 0 Å². The summed E-state index contributed by atoms with van der Waals surface area (Å²) in [6, 6.07) is 5.73. The number of hydrogen-bond donors (Lipinski definition) is 1. The van der Waals surface area contributed by atoms with Crippen LogP contribution in [-0.4, -0.2) is 10.8 Å². The summed E-state index contributed by atoms with van der Waals surface area (Å²) < 4.78 is 0.949. The van der Waals surface area contributed by atoms with Gasteiger partial charge in [0.1, 0.15) is 0 Å². The second kappa shape index (κ2) is 3.58. The van der Waals surface area contributed by atoms with Gasteiger partial charge in [-0.2, -0.15) is 0 Å². The van der Waals surface area contributed by atoms with Gasteiger partial charge in [-0.05, 0) is 22.0 Å². The molecule has 2 nitrogen and oxygen atoms in total. The summed E-state index contributed by atoms with van der Waals surface area (Å²) >= 11 is 3.43. The molecule has 0 spiro atoms. The highest BCUT2D eigenvalue weighted by Gasteiger charge is 2.11. The minimum absolute atomic E-state index is 0.177. The molecule has 3 heteroatoms. The molecule has 0 fully saturated rings. The molecule has 0 atom stereocenters. The topological polar surface area (TPSA) is 32.9 Å². The van der Waals surface area contributed by atoms with E-state index in [1.807, 2.05) is 31.3 Å². The molecule has 0 aliphatic rings. The number of hydrogen-bond acceptors (Lipinski definition) is 1. The smallest absolute Gasteiger partial charge is 0.163 e. The Morgan fingerprint density at radius 2 is 2.29 bits per heavy atom. The lowest BCUT2D eigenvalue weighted by Gasteiger charge is -2.00. The third kappa shape index (κ3) is 1.38. The number of halogens is 1. The minimum Gasteiger partial charge on any atom is -0.360 e. The van der Waals surface area contributed by atoms with Crippen molar-refractivity contribution in [3.05, 3.63) is 34.4 Å². The average Bonchev–Trinajstić information content (AvgIpc) is 2.59. The number of rotatable bonds is 2. The standard InChI is InChI=1S/C11H10BrNO/c1-2-10(14)7-4-3-5-9-11(7)8(12)6-13-9/h3-6,13H,2H2,1H3. The van der Waals surface area contributed by atoms with Gasteiger partial charge in [-0.3, -0.25) is 4.79 Å². The number of Topliss-reactive ketones (excluding diaryl/α,β-unsaturated/α-hetero) is 1. The number of carbonyl (C=O) groups excluding carboxylic acids is 1. The molecular weight excluding hydrogens is 242 g/mol. The third-order valence-corrected chi connectivity index (χ3v) is 2.90. The average molecular weight is 252 g/mol. The first kappa shape index (κ1) is 9.46. The molecular formula is C11H10BrNO. The molecule has 1 heterocycles. The van der Waals surface area contributed by atoms with E-state index in [0.717, 1.165) is 20.9 Å². The van der Waals surface area contributed by atoms with E-state index >= 15 is 0 Å². The van der Waals surface area contributed by atoms with Gasteiger partial charge in [0.15, 0.2) is 5.78 Å². The molecule has 72 valence electrons. The van der Waals surface area contributed by atoms with E-state index in [1.54, 1.807) is 0 Å². The van der Waals surface area contributed by atoms with Gasteiger partial charge < -0.3 is 4.98 Å². The Bertz CT molecular complexity index is 487. The molecule has 2 rings (SSSR count). The Morgan fingerprint density at radius 1 is 1.50 bits per heavy atom. The SMILES string of the molecule is CCC(=O)c1cccc2[nH]cc(Br)c12. The van der Waals surface area contributed by atoms with E-state index in [4.69, 9.17) is 0 Å². The van der Waals surface area contributed by atoms with Gasteiger partial charge in [-0.25, -0.2) is 0 Å². The van der Waals surface area contributed by atoms with E-state index in [0.29, 0.717) is 6.42 Å². The van der Waals surface area contributed by atoms with Crippen molar-refractivity contribution >= 4 is 32.6 Å². The van der Waals surface area contributed by atoms with Crippen molar-refractivity contribution in [3.63, 3.8) is 0 Å². The van der Waals surface area contributed by atoms with Crippen molar-refractivity contribution in [2.45, 2.75) is 13.3 Å². The molecule has 0 radical (unpaired) electrons. The maximum atomic E-state index is 11.6. The first-order valence-corrected chi connectivity index (χ1v) is 5.32. The van der Waals surface area contributed by atoms with Gasteiger partial charge >= 0.3 is 0 Å². The number of fused-ring (bicyclic) bond motifs is 1. The Balaban J connectivity index is 2.75. The summed E-state index contributed by atoms with van der Waals surface area (Å²) in [5.41, 5.74) is 1.79. The molecule has 1 aromatic heterocycles. The largest absolute Gasteiger partial charge is 0.360 e. The summed E-state index contributed by atoms with van der Waals surface area (Å²) in [4.78, 5) is 14.8. The summed E-state index contributed by atoms with van der Waals surface area (Å²) in [5.74, 6) is 0.177. The predicted octanol–water partition coefficient (Wildman–Crippen LogP) is 3.52. The molecule has 14 heavy (non-hydrogen) atoms. The second-order valence-corrected chi connectivity index (χ2v) is 4.00. The van der Waals surface area contributed by atoms with Crippen LogP contribution < -0.4 is 0 Å². The molecule has 1 aromatic carbocycles. The third-order valence-electron chi connectivity index (χ3n) is 2.28. The van der Waals surface area contributed by atoms with Crippen molar-refractivity contribution < 1.29 is 4.79 Å². The molecule has 0 amide bonds. The lowest BCUT2D eigenvalue weighted by atomic mass is 10.0. The molecule has 0 saturated heterocycles. The second-order valence-electron chi connectivity index (χ2n) is 3.14. The van der Waals surface area contributed by atoms with Gasteiger partial charge in [-0.15, -0.1) is 0 Å². The van der Waals surface area contributed by atoms with Crippen LogP contribution in [0.4, 0.5) is 0 Å². The quantitative estimate of drug-likeness (QED) is 0.815. The van der Waals surface area contributed by atoms with Crippen molar-refractivity contribution in [1.82, 2.24) is 4.98 Å². The summed E-state index contributed by atoms with van der Waals surface area (Å²) in [5, 5.41) is 0.986. The van der Waals surface area contributed by atoms with E-state index in [-0.39, 0.29) is 5.78 Å². The van der Waals surface area contributed by atoms with E-state index in [9.17, 15) is 4.79 Å². The van der Waals surface area contributed by atoms with Crippen LogP contribution >= 0.6 is 15.9 Å². The Morgan fingerprint density at radius 3 is 3.00 bits per heavy atom. The van der Waals surface area contributed by atoms with Crippen LogP contribution in [-0.2, 0) is 0 Å². The van der Waals surface area contributed by atoms with Gasteiger partial charge in [0.25, 0.3) is 0 Å². The molecule has 0 aliphatic heterocycles. The summed E-state index contributed by atoms with van der Waals surface area (Å²) in [6.45, 7) is 1.88. The highest BCUT2D eigenvalue weighted by Crippen LogP contribution is 2.27. The number of aromatic amines is 1. The van der Waals surface area contributed by atoms with Crippen LogP contribution in [0.1, 0.15) is 23.7 Å². The Kier molecular flexibility index (Phi) is 2.42. The summed E-state index contributed by atoms with van der Waals surface area (Å²) in [7, 11) is 0. The zero-order valence-corrected chi connectivity index (χ0v) is 9.39. The highest BCUT2D eigenvalue weighted by molar-refractivity contribution is 9.10. The fraction of sp³-hybridized carbons (Fsp3) is 0.182. The van der Waals surface area contributed by atoms with Crippen LogP contribution in [0, 0.1) is 0 Å². The van der Waals surface area contributed by atoms with E-state index in [2.05, 4.69) is 20.9 Å². The van der Waals surface area contributed by atoms with Gasteiger partial charge in [0.2, 0.25) is 0 Å². The zero-order chi connectivity index (χ0) is 10.1. The van der Waals surface area contributed by atoms with Crippen LogP contribution in [0.25, 0.3) is 10.9 Å². The number of ketones is 1. The van der Waals surface area contributed by atoms with E-state index in [1.165, 1.54) is 0 Å². The predicted molar refractivity (Wildman–Crippen MR) is 60.6 cm³/mol. The van der Waals surface area contributed by atoms with Gasteiger partial charge in [0, 0.05) is 33.6 Å². The molecule has 0 saturated carbocycles. The van der Waals surface area contributed by atoms with Gasteiger partial charge in [-0.1, -0.05) is 19.1 Å². The van der Waals surface area contributed by atoms with Crippen LogP contribution in [0.3, 0.4) is 0 Å². The molecule has 0 aliphatic carbocycles. The van der Waals surface area contributed by atoms with Crippen LogP contribution in [0.15, 0.2) is 28.9 Å². The lowest BCUT2D eigenvalue weighted by molar-refractivity contribution is 0.0989. The molecule has 0 bridgehead atoms. The van der Waals surface area contributed by atoms with Crippen molar-refractivity contribution in [3.8, 4) is 0 Å². The van der Waals surface area contributed by atoms with Crippen LogP contribution in [0.5, 0.6) is 0 Å². The number of H-pyrrole nitrogens is 1. The number of nitrogens with one attached hydrogen (secondary N) is 1. The number of benzene rings is 1.